The van der Waals surface area contributed by atoms with Gasteiger partial charge in [0.05, 0.1) is 18.2 Å². The lowest BCUT2D eigenvalue weighted by atomic mass is 10.1. The quantitative estimate of drug-likeness (QED) is 0.640. The fraction of sp³-hybridized carbons (Fsp3) is 0.429. The van der Waals surface area contributed by atoms with Crippen LogP contribution in [0.5, 0.6) is 11.5 Å². The molecule has 2 aromatic rings. The Kier molecular flexibility index (Phi) is 8.23. The molecule has 0 aromatic heterocycles. The number of nitrogens with one attached hydrogen (secondary N) is 1. The Morgan fingerprint density at radius 2 is 1.92 bits per heavy atom. The van der Waals surface area contributed by atoms with Gasteiger partial charge in [0.15, 0.2) is 11.5 Å². The summed E-state index contributed by atoms with van der Waals surface area (Å²) in [6.45, 7) is 7.71. The van der Waals surface area contributed by atoms with Crippen molar-refractivity contribution in [3.8, 4) is 11.5 Å². The molecule has 142 valence electrons. The van der Waals surface area contributed by atoms with Crippen LogP contribution in [0.1, 0.15) is 37.0 Å². The van der Waals surface area contributed by atoms with Gasteiger partial charge in [-0.2, -0.15) is 0 Å². The molecule has 0 aliphatic heterocycles. The first-order valence-corrected chi connectivity index (χ1v) is 9.42. The third-order valence-corrected chi connectivity index (χ3v) is 4.42. The second kappa shape index (κ2) is 10.4. The molecule has 0 radical (unpaired) electrons. The van der Waals surface area contributed by atoms with Crippen LogP contribution in [0.25, 0.3) is 0 Å². The SMILES string of the molecule is CCOc1cc(CN[C@@H](CC)CO)cc(Cl)c1OCc1cccc(C)c1. The zero-order valence-electron chi connectivity index (χ0n) is 15.7. The predicted molar refractivity (Wildman–Crippen MR) is 106 cm³/mol. The average Bonchev–Trinajstić information content (AvgIpc) is 2.62. The van der Waals surface area contributed by atoms with Crippen molar-refractivity contribution in [2.75, 3.05) is 13.2 Å². The van der Waals surface area contributed by atoms with Crippen molar-refractivity contribution in [1.29, 1.82) is 0 Å². The van der Waals surface area contributed by atoms with E-state index in [1.807, 2.05) is 38.1 Å². The average molecular weight is 378 g/mol. The number of aliphatic hydroxyl groups is 1. The van der Waals surface area contributed by atoms with Crippen molar-refractivity contribution in [1.82, 2.24) is 5.32 Å². The molecule has 0 bridgehead atoms. The summed E-state index contributed by atoms with van der Waals surface area (Å²) in [5.41, 5.74) is 3.27. The first-order chi connectivity index (χ1) is 12.6. The monoisotopic (exact) mass is 377 g/mol. The topological polar surface area (TPSA) is 50.7 Å². The summed E-state index contributed by atoms with van der Waals surface area (Å²) < 4.78 is 11.7. The van der Waals surface area contributed by atoms with E-state index in [9.17, 15) is 5.11 Å². The van der Waals surface area contributed by atoms with E-state index in [4.69, 9.17) is 21.1 Å². The van der Waals surface area contributed by atoms with E-state index >= 15 is 0 Å². The molecule has 0 heterocycles. The van der Waals surface area contributed by atoms with E-state index < -0.39 is 0 Å². The van der Waals surface area contributed by atoms with Gasteiger partial charge in [-0.25, -0.2) is 0 Å². The van der Waals surface area contributed by atoms with Crippen LogP contribution in [-0.4, -0.2) is 24.4 Å². The third-order valence-electron chi connectivity index (χ3n) is 4.14. The van der Waals surface area contributed by atoms with E-state index in [1.54, 1.807) is 0 Å². The molecule has 5 heteroatoms. The zero-order chi connectivity index (χ0) is 18.9. The van der Waals surface area contributed by atoms with Crippen LogP contribution >= 0.6 is 11.6 Å². The van der Waals surface area contributed by atoms with E-state index in [-0.39, 0.29) is 12.6 Å². The minimum Gasteiger partial charge on any atom is -0.490 e. The molecule has 0 amide bonds. The van der Waals surface area contributed by atoms with E-state index in [1.165, 1.54) is 5.56 Å². The predicted octanol–water partition coefficient (Wildman–Crippen LogP) is 4.49. The number of aryl methyl sites for hydroxylation is 1. The van der Waals surface area contributed by atoms with Crippen LogP contribution in [0, 0.1) is 6.92 Å². The summed E-state index contributed by atoms with van der Waals surface area (Å²) in [5.74, 6) is 1.20. The minimum absolute atomic E-state index is 0.0709. The highest BCUT2D eigenvalue weighted by Crippen LogP contribution is 2.37. The van der Waals surface area contributed by atoms with E-state index in [0.29, 0.717) is 36.3 Å². The molecule has 26 heavy (non-hydrogen) atoms. The van der Waals surface area contributed by atoms with Crippen molar-refractivity contribution < 1.29 is 14.6 Å². The summed E-state index contributed by atoms with van der Waals surface area (Å²) in [4.78, 5) is 0. The number of aliphatic hydroxyl groups excluding tert-OH is 1. The first kappa shape index (κ1) is 20.6. The first-order valence-electron chi connectivity index (χ1n) is 9.05. The van der Waals surface area contributed by atoms with E-state index in [2.05, 4.69) is 24.4 Å². The van der Waals surface area contributed by atoms with Gasteiger partial charge in [-0.1, -0.05) is 48.4 Å². The molecule has 0 saturated carbocycles. The molecule has 0 spiro atoms. The third kappa shape index (κ3) is 5.90. The zero-order valence-corrected chi connectivity index (χ0v) is 16.5. The fourth-order valence-corrected chi connectivity index (χ4v) is 2.97. The molecule has 4 nitrogen and oxygen atoms in total. The van der Waals surface area contributed by atoms with Crippen LogP contribution in [0.3, 0.4) is 0 Å². The second-order valence-corrected chi connectivity index (χ2v) is 6.69. The Morgan fingerprint density at radius 1 is 1.12 bits per heavy atom. The van der Waals surface area contributed by atoms with Gasteiger partial charge < -0.3 is 19.9 Å². The molecule has 0 fully saturated rings. The molecule has 2 aromatic carbocycles. The van der Waals surface area contributed by atoms with Crippen LogP contribution < -0.4 is 14.8 Å². The normalized spacial score (nSPS) is 12.0. The Labute approximate surface area is 161 Å². The minimum atomic E-state index is 0.0709. The smallest absolute Gasteiger partial charge is 0.180 e. The van der Waals surface area contributed by atoms with Gasteiger partial charge in [-0.05, 0) is 43.5 Å². The number of hydrogen-bond donors (Lipinski definition) is 2. The molecule has 0 unspecified atom stereocenters. The van der Waals surface area contributed by atoms with Gasteiger partial charge in [0.1, 0.15) is 6.61 Å². The number of benzene rings is 2. The Bertz CT molecular complexity index is 702. The van der Waals surface area contributed by atoms with Crippen LogP contribution in [-0.2, 0) is 13.2 Å². The fourth-order valence-electron chi connectivity index (χ4n) is 2.68. The lowest BCUT2D eigenvalue weighted by molar-refractivity contribution is 0.238. The Morgan fingerprint density at radius 3 is 2.58 bits per heavy atom. The Balaban J connectivity index is 2.14. The van der Waals surface area contributed by atoms with Gasteiger partial charge in [-0.3, -0.25) is 0 Å². The molecule has 0 aliphatic carbocycles. The molecule has 2 N–H and O–H groups in total. The lowest BCUT2D eigenvalue weighted by Crippen LogP contribution is -2.31. The number of rotatable bonds is 10. The number of halogens is 1. The van der Waals surface area contributed by atoms with Gasteiger partial charge in [0.25, 0.3) is 0 Å². The maximum Gasteiger partial charge on any atom is 0.180 e. The highest BCUT2D eigenvalue weighted by atomic mass is 35.5. The highest BCUT2D eigenvalue weighted by Gasteiger charge is 2.14. The van der Waals surface area contributed by atoms with Crippen LogP contribution in [0.4, 0.5) is 0 Å². The summed E-state index contributed by atoms with van der Waals surface area (Å²) >= 11 is 6.47. The highest BCUT2D eigenvalue weighted by molar-refractivity contribution is 6.32. The second-order valence-electron chi connectivity index (χ2n) is 6.28. The standard InChI is InChI=1S/C21H28ClNO3/c1-4-18(13-24)23-12-17-10-19(22)21(20(11-17)25-5-2)26-14-16-8-6-7-15(3)9-16/h6-11,18,23-24H,4-5,12-14H2,1-3H3/t18-/m0/s1. The number of hydrogen-bond acceptors (Lipinski definition) is 4. The van der Waals surface area contributed by atoms with E-state index in [0.717, 1.165) is 17.5 Å². The van der Waals surface area contributed by atoms with Gasteiger partial charge in [-0.15, -0.1) is 0 Å². The molecule has 0 aliphatic rings. The Hall–Kier alpha value is -1.75. The van der Waals surface area contributed by atoms with Crippen molar-refractivity contribution in [3.63, 3.8) is 0 Å². The van der Waals surface area contributed by atoms with Crippen LogP contribution in [0.2, 0.25) is 5.02 Å². The molecular weight excluding hydrogens is 350 g/mol. The summed E-state index contributed by atoms with van der Waals surface area (Å²) in [6.07, 6.45) is 0.861. The van der Waals surface area contributed by atoms with Crippen LogP contribution in [0.15, 0.2) is 36.4 Å². The van der Waals surface area contributed by atoms with Crippen molar-refractivity contribution >= 4 is 11.6 Å². The maximum absolute atomic E-state index is 9.31. The van der Waals surface area contributed by atoms with Gasteiger partial charge in [0, 0.05) is 12.6 Å². The lowest BCUT2D eigenvalue weighted by Gasteiger charge is -2.17. The van der Waals surface area contributed by atoms with Gasteiger partial charge >= 0.3 is 0 Å². The van der Waals surface area contributed by atoms with Crippen molar-refractivity contribution in [2.24, 2.45) is 0 Å². The summed E-state index contributed by atoms with van der Waals surface area (Å²) in [5, 5.41) is 13.1. The molecular formula is C21H28ClNO3. The van der Waals surface area contributed by atoms with Crippen molar-refractivity contribution in [3.05, 3.63) is 58.1 Å². The number of ether oxygens (including phenoxy) is 2. The van der Waals surface area contributed by atoms with Gasteiger partial charge in [0.2, 0.25) is 0 Å². The molecule has 2 rings (SSSR count). The molecule has 1 atom stereocenters. The van der Waals surface area contributed by atoms with Crippen molar-refractivity contribution in [2.45, 2.75) is 46.4 Å². The summed E-state index contributed by atoms with van der Waals surface area (Å²) in [7, 11) is 0. The molecule has 0 saturated heterocycles. The summed E-state index contributed by atoms with van der Waals surface area (Å²) in [6, 6.07) is 12.1. The largest absolute Gasteiger partial charge is 0.490 e. The maximum atomic E-state index is 9.31.